The van der Waals surface area contributed by atoms with Crippen LogP contribution in [-0.2, 0) is 0 Å². The number of nitrogens with zero attached hydrogens (tertiary/aromatic N) is 1. The van der Waals surface area contributed by atoms with Crippen molar-refractivity contribution in [1.82, 2.24) is 4.90 Å². The highest BCUT2D eigenvalue weighted by molar-refractivity contribution is 9.09. The van der Waals surface area contributed by atoms with Crippen LogP contribution in [0.3, 0.4) is 0 Å². The summed E-state index contributed by atoms with van der Waals surface area (Å²) < 4.78 is 0. The molecule has 1 saturated heterocycles. The minimum atomic E-state index is 0.209. The fourth-order valence-electron chi connectivity index (χ4n) is 1.35. The van der Waals surface area contributed by atoms with Crippen LogP contribution in [0.5, 0.6) is 0 Å². The quantitative estimate of drug-likeness (QED) is 0.513. The Morgan fingerprint density at radius 2 is 2.00 bits per heavy atom. The molecule has 0 amide bonds. The average molecular weight is 207 g/mol. The molecule has 2 N–H and O–H groups in total. The van der Waals surface area contributed by atoms with Gasteiger partial charge in [0.15, 0.2) is 0 Å². The molecule has 0 bridgehead atoms. The van der Waals surface area contributed by atoms with Crippen molar-refractivity contribution in [2.24, 2.45) is 11.7 Å². The predicted molar refractivity (Wildman–Crippen MR) is 47.1 cm³/mol. The first-order valence-corrected chi connectivity index (χ1v) is 4.70. The molecule has 0 aromatic carbocycles. The number of piperidine rings is 1. The smallest absolute Gasteiger partial charge is 0.0635 e. The summed E-state index contributed by atoms with van der Waals surface area (Å²) in [6.45, 7) is 2.40. The molecule has 0 spiro atoms. The van der Waals surface area contributed by atoms with Crippen LogP contribution in [0.2, 0.25) is 0 Å². The highest BCUT2D eigenvalue weighted by Gasteiger charge is 2.20. The molecule has 1 unspecified atom stereocenters. The fraction of sp³-hybridized carbons (Fsp3) is 1.00. The molecule has 1 aliphatic rings. The average Bonchev–Trinajstić information content (AvgIpc) is 1.88. The van der Waals surface area contributed by atoms with Gasteiger partial charge in [-0.25, -0.2) is 0 Å². The number of hydrogen-bond donors (Lipinski definition) is 1. The van der Waals surface area contributed by atoms with Crippen molar-refractivity contribution < 1.29 is 0 Å². The molecule has 2 nitrogen and oxygen atoms in total. The van der Waals surface area contributed by atoms with E-state index in [1.165, 1.54) is 25.9 Å². The number of likely N-dealkylation sites (tertiary alicyclic amines) is 1. The van der Waals surface area contributed by atoms with E-state index in [1.54, 1.807) is 0 Å². The molecule has 0 aromatic heterocycles. The largest absolute Gasteiger partial charge is 0.319 e. The first-order chi connectivity index (χ1) is 4.70. The van der Waals surface area contributed by atoms with Crippen molar-refractivity contribution >= 4 is 15.9 Å². The molecule has 0 saturated carbocycles. The minimum Gasteiger partial charge on any atom is -0.319 e. The van der Waals surface area contributed by atoms with Crippen LogP contribution < -0.4 is 5.73 Å². The maximum atomic E-state index is 5.71. The van der Waals surface area contributed by atoms with Crippen LogP contribution in [0.25, 0.3) is 0 Å². The van der Waals surface area contributed by atoms with E-state index in [0.29, 0.717) is 5.92 Å². The molecule has 0 aromatic rings. The second-order valence-electron chi connectivity index (χ2n) is 3.09. The van der Waals surface area contributed by atoms with E-state index in [9.17, 15) is 0 Å². The van der Waals surface area contributed by atoms with Gasteiger partial charge < -0.3 is 10.6 Å². The highest BCUT2D eigenvalue weighted by atomic mass is 79.9. The van der Waals surface area contributed by atoms with Gasteiger partial charge in [-0.3, -0.25) is 0 Å². The Balaban J connectivity index is 2.26. The molecular weight excluding hydrogens is 192 g/mol. The number of halogens is 1. The fourth-order valence-corrected chi connectivity index (χ4v) is 1.88. The maximum absolute atomic E-state index is 5.71. The van der Waals surface area contributed by atoms with E-state index in [1.807, 2.05) is 0 Å². The van der Waals surface area contributed by atoms with E-state index >= 15 is 0 Å². The van der Waals surface area contributed by atoms with Gasteiger partial charge in [0.1, 0.15) is 0 Å². The lowest BCUT2D eigenvalue weighted by Crippen LogP contribution is -2.36. The number of alkyl halides is 1. The molecule has 60 valence electrons. The molecule has 1 atom stereocenters. The zero-order valence-electron chi connectivity index (χ0n) is 6.39. The summed E-state index contributed by atoms with van der Waals surface area (Å²) in [6, 6.07) is 0. The monoisotopic (exact) mass is 206 g/mol. The molecule has 0 aliphatic carbocycles. The minimum absolute atomic E-state index is 0.209. The first kappa shape index (κ1) is 8.50. The predicted octanol–water partition coefficient (Wildman–Crippen LogP) is 1.01. The third-order valence-corrected chi connectivity index (χ3v) is 2.96. The third kappa shape index (κ3) is 2.22. The van der Waals surface area contributed by atoms with E-state index in [4.69, 9.17) is 5.73 Å². The molecule has 1 heterocycles. The Morgan fingerprint density at radius 3 is 2.40 bits per heavy atom. The van der Waals surface area contributed by atoms with Crippen LogP contribution in [0.15, 0.2) is 0 Å². The third-order valence-electron chi connectivity index (χ3n) is 2.21. The van der Waals surface area contributed by atoms with Gasteiger partial charge in [-0.05, 0) is 38.9 Å². The van der Waals surface area contributed by atoms with Gasteiger partial charge in [-0.2, -0.15) is 0 Å². The zero-order valence-corrected chi connectivity index (χ0v) is 7.97. The van der Waals surface area contributed by atoms with Crippen LogP contribution in [0, 0.1) is 5.92 Å². The summed E-state index contributed by atoms with van der Waals surface area (Å²) in [6.07, 6.45) is 2.48. The Hall–Kier alpha value is 0.400. The lowest BCUT2D eigenvalue weighted by atomic mass is 9.98. The molecule has 10 heavy (non-hydrogen) atoms. The molecule has 1 aliphatic heterocycles. The van der Waals surface area contributed by atoms with Gasteiger partial charge in [-0.1, -0.05) is 15.9 Å². The first-order valence-electron chi connectivity index (χ1n) is 3.78. The lowest BCUT2D eigenvalue weighted by molar-refractivity contribution is 0.218. The molecule has 0 radical (unpaired) electrons. The molecule has 1 rings (SSSR count). The maximum Gasteiger partial charge on any atom is 0.0635 e. The van der Waals surface area contributed by atoms with Crippen LogP contribution >= 0.6 is 15.9 Å². The molecular formula is C7H15BrN2. The number of nitrogens with two attached hydrogens (primary N) is 1. The van der Waals surface area contributed by atoms with Crippen LogP contribution in [-0.4, -0.2) is 30.0 Å². The van der Waals surface area contributed by atoms with Crippen molar-refractivity contribution in [1.29, 1.82) is 0 Å². The second-order valence-corrected chi connectivity index (χ2v) is 4.14. The molecule has 1 fully saturated rings. The van der Waals surface area contributed by atoms with Crippen molar-refractivity contribution in [2.75, 3.05) is 20.1 Å². The van der Waals surface area contributed by atoms with Gasteiger partial charge in [0.05, 0.1) is 4.95 Å². The summed E-state index contributed by atoms with van der Waals surface area (Å²) in [5.74, 6) is 0.691. The van der Waals surface area contributed by atoms with E-state index in [2.05, 4.69) is 27.9 Å². The van der Waals surface area contributed by atoms with Crippen molar-refractivity contribution in [3.05, 3.63) is 0 Å². The molecule has 3 heteroatoms. The SMILES string of the molecule is CN1CCC(C(N)Br)CC1. The van der Waals surface area contributed by atoms with Gasteiger partial charge in [0.2, 0.25) is 0 Å². The van der Waals surface area contributed by atoms with Crippen molar-refractivity contribution in [3.8, 4) is 0 Å². The Bertz CT molecular complexity index is 97.8. The Kier molecular flexibility index (Phi) is 3.14. The Labute approximate surface area is 70.9 Å². The van der Waals surface area contributed by atoms with E-state index < -0.39 is 0 Å². The summed E-state index contributed by atoms with van der Waals surface area (Å²) in [4.78, 5) is 2.56. The van der Waals surface area contributed by atoms with Crippen molar-refractivity contribution in [2.45, 2.75) is 17.8 Å². The van der Waals surface area contributed by atoms with Crippen LogP contribution in [0.4, 0.5) is 0 Å². The van der Waals surface area contributed by atoms with Gasteiger partial charge in [0, 0.05) is 0 Å². The van der Waals surface area contributed by atoms with E-state index in [0.717, 1.165) is 0 Å². The van der Waals surface area contributed by atoms with Gasteiger partial charge in [0.25, 0.3) is 0 Å². The van der Waals surface area contributed by atoms with E-state index in [-0.39, 0.29) is 4.95 Å². The number of hydrogen-bond acceptors (Lipinski definition) is 2. The van der Waals surface area contributed by atoms with Gasteiger partial charge in [-0.15, -0.1) is 0 Å². The standard InChI is InChI=1S/C7H15BrN2/c1-10-4-2-6(3-5-10)7(8)9/h6-7H,2-5,9H2,1H3. The summed E-state index contributed by atoms with van der Waals surface area (Å²) in [7, 11) is 2.16. The van der Waals surface area contributed by atoms with Crippen LogP contribution in [0.1, 0.15) is 12.8 Å². The zero-order chi connectivity index (χ0) is 7.56. The van der Waals surface area contributed by atoms with Crippen molar-refractivity contribution in [3.63, 3.8) is 0 Å². The summed E-state index contributed by atoms with van der Waals surface area (Å²) in [5, 5.41) is 0. The second kappa shape index (κ2) is 3.69. The number of rotatable bonds is 1. The topological polar surface area (TPSA) is 29.3 Å². The normalized spacial score (nSPS) is 26.7. The highest BCUT2D eigenvalue weighted by Crippen LogP contribution is 2.21. The summed E-state index contributed by atoms with van der Waals surface area (Å²) in [5.41, 5.74) is 5.71. The Morgan fingerprint density at radius 1 is 1.50 bits per heavy atom. The summed E-state index contributed by atoms with van der Waals surface area (Å²) >= 11 is 3.42. The lowest BCUT2D eigenvalue weighted by Gasteiger charge is -2.30. The van der Waals surface area contributed by atoms with Gasteiger partial charge >= 0.3 is 0 Å².